The van der Waals surface area contributed by atoms with Crippen molar-refractivity contribution in [2.45, 2.75) is 0 Å². The molecular weight excluding hydrogens is 220 g/mol. The Bertz CT molecular complexity index is 769. The van der Waals surface area contributed by atoms with Crippen molar-refractivity contribution in [2.24, 2.45) is 0 Å². The second-order valence-corrected chi connectivity index (χ2v) is 6.27. The maximum Gasteiger partial charge on any atom is 0.0791 e. The van der Waals surface area contributed by atoms with E-state index >= 15 is 0 Å². The highest BCUT2D eigenvalue weighted by Crippen LogP contribution is 2.29. The molecule has 0 radical (unpaired) electrons. The van der Waals surface area contributed by atoms with Gasteiger partial charge in [0.2, 0.25) is 0 Å². The van der Waals surface area contributed by atoms with Crippen LogP contribution in [0.2, 0.25) is 0 Å². The van der Waals surface area contributed by atoms with Gasteiger partial charge in [0.15, 0.2) is 0 Å². The Balaban J connectivity index is 2.31. The summed E-state index contributed by atoms with van der Waals surface area (Å²) in [6.45, 7) is 0. The smallest absolute Gasteiger partial charge is 0.0791 e. The van der Waals surface area contributed by atoms with Gasteiger partial charge in [0.25, 0.3) is 0 Å². The predicted molar refractivity (Wildman–Crippen MR) is 78.7 cm³/mol. The molecule has 0 saturated carbocycles. The van der Waals surface area contributed by atoms with Crippen LogP contribution in [0, 0.1) is 0 Å². The third-order valence-corrected chi connectivity index (χ3v) is 5.19. The molecule has 0 N–H and O–H groups in total. The van der Waals surface area contributed by atoms with Crippen LogP contribution in [-0.4, -0.2) is 9.52 Å². The molecular formula is C16H12Si. The number of benzene rings is 3. The third-order valence-electron chi connectivity index (χ3n) is 3.66. The molecule has 0 saturated heterocycles. The average molecular weight is 232 g/mol. The van der Waals surface area contributed by atoms with Crippen LogP contribution < -0.4 is 5.19 Å². The van der Waals surface area contributed by atoms with Crippen molar-refractivity contribution in [1.29, 1.82) is 0 Å². The molecule has 0 unspecified atom stereocenters. The maximum atomic E-state index is 2.39. The SMILES string of the molecule is C1=Cc2c(ccc3ccc4ccccc4c23)[SiH2]1. The molecule has 1 aliphatic rings. The monoisotopic (exact) mass is 232 g/mol. The summed E-state index contributed by atoms with van der Waals surface area (Å²) in [6, 6.07) is 17.8. The largest absolute Gasteiger partial charge is 0.0955 e. The first-order valence-electron chi connectivity index (χ1n) is 6.03. The Kier molecular flexibility index (Phi) is 1.79. The van der Waals surface area contributed by atoms with Crippen molar-refractivity contribution in [1.82, 2.24) is 0 Å². The first-order valence-corrected chi connectivity index (χ1v) is 7.56. The van der Waals surface area contributed by atoms with Gasteiger partial charge in [-0.15, -0.1) is 0 Å². The molecule has 0 bridgehead atoms. The van der Waals surface area contributed by atoms with Crippen LogP contribution in [0.5, 0.6) is 0 Å². The minimum Gasteiger partial charge on any atom is -0.0955 e. The summed E-state index contributed by atoms with van der Waals surface area (Å²) in [4.78, 5) is 0. The van der Waals surface area contributed by atoms with E-state index in [0.717, 1.165) is 0 Å². The Morgan fingerprint density at radius 1 is 0.765 bits per heavy atom. The molecule has 3 aromatic carbocycles. The quantitative estimate of drug-likeness (QED) is 0.413. The van der Waals surface area contributed by atoms with Crippen molar-refractivity contribution in [3.63, 3.8) is 0 Å². The van der Waals surface area contributed by atoms with Crippen molar-refractivity contribution in [2.75, 3.05) is 0 Å². The first-order chi connectivity index (χ1) is 8.43. The second kappa shape index (κ2) is 3.31. The molecule has 0 atom stereocenters. The summed E-state index contributed by atoms with van der Waals surface area (Å²) in [5.41, 5.74) is 3.87. The summed E-state index contributed by atoms with van der Waals surface area (Å²) in [5.74, 6) is 0. The molecule has 0 aliphatic carbocycles. The number of fused-ring (bicyclic) bond motifs is 5. The number of hydrogen-bond donors (Lipinski definition) is 0. The third kappa shape index (κ3) is 1.23. The minimum absolute atomic E-state index is 0.144. The van der Waals surface area contributed by atoms with Gasteiger partial charge in [-0.25, -0.2) is 0 Å². The van der Waals surface area contributed by atoms with Crippen LogP contribution in [0.3, 0.4) is 0 Å². The normalized spacial score (nSPS) is 14.8. The van der Waals surface area contributed by atoms with Crippen LogP contribution in [0.15, 0.2) is 54.2 Å². The van der Waals surface area contributed by atoms with E-state index in [4.69, 9.17) is 0 Å². The zero-order valence-electron chi connectivity index (χ0n) is 9.48. The van der Waals surface area contributed by atoms with Crippen LogP contribution in [0.1, 0.15) is 5.56 Å². The molecule has 0 aromatic heterocycles. The van der Waals surface area contributed by atoms with Gasteiger partial charge >= 0.3 is 0 Å². The Hall–Kier alpha value is -1.86. The van der Waals surface area contributed by atoms with E-state index in [-0.39, 0.29) is 9.52 Å². The molecule has 0 fully saturated rings. The van der Waals surface area contributed by atoms with E-state index in [9.17, 15) is 0 Å². The highest BCUT2D eigenvalue weighted by atomic mass is 28.2. The van der Waals surface area contributed by atoms with Crippen LogP contribution >= 0.6 is 0 Å². The van der Waals surface area contributed by atoms with Crippen LogP contribution in [0.25, 0.3) is 27.6 Å². The summed E-state index contributed by atoms with van der Waals surface area (Å²) < 4.78 is 0. The van der Waals surface area contributed by atoms with Crippen LogP contribution in [0.4, 0.5) is 0 Å². The van der Waals surface area contributed by atoms with Crippen molar-refractivity contribution >= 4 is 42.3 Å². The van der Waals surface area contributed by atoms with E-state index in [1.807, 2.05) is 0 Å². The van der Waals surface area contributed by atoms with E-state index in [1.165, 1.54) is 27.1 Å². The van der Waals surface area contributed by atoms with Gasteiger partial charge in [-0.3, -0.25) is 0 Å². The summed E-state index contributed by atoms with van der Waals surface area (Å²) in [7, 11) is -0.144. The fraction of sp³-hybridized carbons (Fsp3) is 0. The maximum absolute atomic E-state index is 2.39. The molecule has 0 spiro atoms. The molecule has 0 amide bonds. The molecule has 3 aromatic rings. The van der Waals surface area contributed by atoms with E-state index in [1.54, 1.807) is 5.19 Å². The van der Waals surface area contributed by atoms with Gasteiger partial charge in [-0.1, -0.05) is 65.5 Å². The lowest BCUT2D eigenvalue weighted by Gasteiger charge is -2.08. The zero-order valence-corrected chi connectivity index (χ0v) is 10.9. The van der Waals surface area contributed by atoms with E-state index in [2.05, 4.69) is 60.3 Å². The molecule has 4 rings (SSSR count). The van der Waals surface area contributed by atoms with E-state index < -0.39 is 0 Å². The van der Waals surface area contributed by atoms with Crippen molar-refractivity contribution in [3.8, 4) is 0 Å². The Morgan fingerprint density at radius 3 is 2.59 bits per heavy atom. The molecule has 1 heteroatoms. The summed E-state index contributed by atoms with van der Waals surface area (Å²) >= 11 is 0. The van der Waals surface area contributed by atoms with Crippen molar-refractivity contribution < 1.29 is 0 Å². The zero-order chi connectivity index (χ0) is 11.2. The highest BCUT2D eigenvalue weighted by molar-refractivity contribution is 6.63. The summed E-state index contributed by atoms with van der Waals surface area (Å²) in [6.07, 6.45) is 2.33. The lowest BCUT2D eigenvalue weighted by molar-refractivity contribution is 1.77. The summed E-state index contributed by atoms with van der Waals surface area (Å²) in [5, 5.41) is 7.14. The topological polar surface area (TPSA) is 0 Å². The van der Waals surface area contributed by atoms with Gasteiger partial charge in [0.05, 0.1) is 9.52 Å². The molecule has 0 nitrogen and oxygen atoms in total. The van der Waals surface area contributed by atoms with Gasteiger partial charge in [0, 0.05) is 0 Å². The van der Waals surface area contributed by atoms with Crippen molar-refractivity contribution in [3.05, 3.63) is 59.8 Å². The van der Waals surface area contributed by atoms with Gasteiger partial charge in [-0.2, -0.15) is 0 Å². The fourth-order valence-electron chi connectivity index (χ4n) is 2.84. The Labute approximate surface area is 102 Å². The second-order valence-electron chi connectivity index (χ2n) is 4.63. The highest BCUT2D eigenvalue weighted by Gasteiger charge is 2.11. The standard InChI is InChI=1S/C16H12Si/c1-2-4-13-11(3-1)5-6-12-7-8-15-14(16(12)13)9-10-17-15/h1-10H,17H2. The Morgan fingerprint density at radius 2 is 1.59 bits per heavy atom. The number of rotatable bonds is 0. The molecule has 1 heterocycles. The van der Waals surface area contributed by atoms with Gasteiger partial charge < -0.3 is 0 Å². The number of hydrogen-bond acceptors (Lipinski definition) is 0. The minimum atomic E-state index is -0.144. The fourth-order valence-corrected chi connectivity index (χ4v) is 4.22. The lowest BCUT2D eigenvalue weighted by Crippen LogP contribution is -2.10. The molecule has 80 valence electrons. The van der Waals surface area contributed by atoms with Gasteiger partial charge in [-0.05, 0) is 27.1 Å². The average Bonchev–Trinajstić information content (AvgIpc) is 2.86. The molecule has 17 heavy (non-hydrogen) atoms. The molecule has 1 aliphatic heterocycles. The lowest BCUT2D eigenvalue weighted by atomic mass is 9.98. The predicted octanol–water partition coefficient (Wildman–Crippen LogP) is 2.77. The van der Waals surface area contributed by atoms with Gasteiger partial charge in [0.1, 0.15) is 0 Å². The van der Waals surface area contributed by atoms with E-state index in [0.29, 0.717) is 0 Å². The first kappa shape index (κ1) is 9.20. The van der Waals surface area contributed by atoms with Crippen LogP contribution in [-0.2, 0) is 0 Å².